The van der Waals surface area contributed by atoms with Gasteiger partial charge in [-0.25, -0.2) is 0 Å². The van der Waals surface area contributed by atoms with E-state index in [2.05, 4.69) is 17.5 Å². The van der Waals surface area contributed by atoms with Crippen LogP contribution in [-0.4, -0.2) is 11.0 Å². The van der Waals surface area contributed by atoms with E-state index >= 15 is 0 Å². The van der Waals surface area contributed by atoms with Gasteiger partial charge < -0.3 is 11.1 Å². The van der Waals surface area contributed by atoms with Crippen molar-refractivity contribution in [1.29, 1.82) is 0 Å². The topological polar surface area (TPSA) is 55.1 Å². The first-order valence-electron chi connectivity index (χ1n) is 4.61. The number of hydrogen-bond donors (Lipinski definition) is 2. The second-order valence-electron chi connectivity index (χ2n) is 3.81. The van der Waals surface area contributed by atoms with E-state index in [9.17, 15) is 4.79 Å². The number of thiocarbonyl (C=S) groups is 1. The Kier molecular flexibility index (Phi) is 3.42. The predicted molar refractivity (Wildman–Crippen MR) is 64.4 cm³/mol. The van der Waals surface area contributed by atoms with Gasteiger partial charge in [0.05, 0.1) is 5.41 Å². The molecule has 3 N–H and O–H groups in total. The van der Waals surface area contributed by atoms with Crippen LogP contribution < -0.4 is 11.1 Å². The molecule has 1 rings (SSSR count). The Balaban J connectivity index is 2.92. The second kappa shape index (κ2) is 4.40. The number of amides is 1. The molecule has 0 aliphatic carbocycles. The van der Waals surface area contributed by atoms with Crippen molar-refractivity contribution in [1.82, 2.24) is 5.32 Å². The number of carbonyl (C=O) groups excluding carboxylic acids is 1. The van der Waals surface area contributed by atoms with Crippen LogP contribution in [0, 0.1) is 0 Å². The van der Waals surface area contributed by atoms with Gasteiger partial charge in [-0.1, -0.05) is 30.3 Å². The Morgan fingerprint density at radius 1 is 1.33 bits per heavy atom. The summed E-state index contributed by atoms with van der Waals surface area (Å²) in [6, 6.07) is 9.50. The van der Waals surface area contributed by atoms with Gasteiger partial charge in [0.25, 0.3) is 0 Å². The lowest BCUT2D eigenvalue weighted by Gasteiger charge is -2.23. The molecule has 0 heterocycles. The smallest absolute Gasteiger partial charge is 0.236 e. The quantitative estimate of drug-likeness (QED) is 0.742. The maximum atomic E-state index is 11.8. The average Bonchev–Trinajstić information content (AvgIpc) is 2.18. The van der Waals surface area contributed by atoms with E-state index < -0.39 is 5.41 Å². The summed E-state index contributed by atoms with van der Waals surface area (Å²) in [6.07, 6.45) is 0. The number of rotatable bonds is 2. The molecule has 1 amide bonds. The van der Waals surface area contributed by atoms with Crippen molar-refractivity contribution < 1.29 is 4.79 Å². The molecule has 0 radical (unpaired) electrons. The lowest BCUT2D eigenvalue weighted by molar-refractivity contribution is -0.124. The zero-order valence-corrected chi connectivity index (χ0v) is 9.60. The minimum atomic E-state index is -0.634. The minimum absolute atomic E-state index is 0.00371. The molecule has 1 aromatic rings. The Morgan fingerprint density at radius 3 is 2.33 bits per heavy atom. The summed E-state index contributed by atoms with van der Waals surface area (Å²) in [5.74, 6) is -0.193. The van der Waals surface area contributed by atoms with Gasteiger partial charge in [0.1, 0.15) is 0 Å². The molecule has 0 fully saturated rings. The lowest BCUT2D eigenvalue weighted by atomic mass is 9.84. The second-order valence-corrected chi connectivity index (χ2v) is 4.25. The van der Waals surface area contributed by atoms with Crippen LogP contribution >= 0.6 is 12.2 Å². The van der Waals surface area contributed by atoms with E-state index in [4.69, 9.17) is 5.73 Å². The molecule has 0 saturated carbocycles. The highest BCUT2D eigenvalue weighted by molar-refractivity contribution is 7.80. The van der Waals surface area contributed by atoms with E-state index in [1.165, 1.54) is 0 Å². The van der Waals surface area contributed by atoms with Gasteiger partial charge in [-0.2, -0.15) is 0 Å². The Hall–Kier alpha value is -1.42. The van der Waals surface area contributed by atoms with Crippen molar-refractivity contribution >= 4 is 23.2 Å². The van der Waals surface area contributed by atoms with E-state index in [1.807, 2.05) is 44.2 Å². The highest BCUT2D eigenvalue weighted by Crippen LogP contribution is 2.22. The summed E-state index contributed by atoms with van der Waals surface area (Å²) in [4.78, 5) is 11.8. The fraction of sp³-hybridized carbons (Fsp3) is 0.273. The van der Waals surface area contributed by atoms with Crippen molar-refractivity contribution in [3.8, 4) is 0 Å². The van der Waals surface area contributed by atoms with Crippen molar-refractivity contribution in [2.24, 2.45) is 5.73 Å². The summed E-state index contributed by atoms with van der Waals surface area (Å²) < 4.78 is 0. The largest absolute Gasteiger partial charge is 0.376 e. The molecule has 0 bridgehead atoms. The molecule has 0 aromatic heterocycles. The number of nitrogens with one attached hydrogen (secondary N) is 1. The van der Waals surface area contributed by atoms with Crippen LogP contribution in [0.2, 0.25) is 0 Å². The van der Waals surface area contributed by atoms with Crippen molar-refractivity contribution in [3.63, 3.8) is 0 Å². The van der Waals surface area contributed by atoms with Crippen LogP contribution in [-0.2, 0) is 10.2 Å². The predicted octanol–water partition coefficient (Wildman–Crippen LogP) is 1.32. The van der Waals surface area contributed by atoms with Gasteiger partial charge in [0.2, 0.25) is 5.91 Å². The molecule has 0 atom stereocenters. The van der Waals surface area contributed by atoms with E-state index in [-0.39, 0.29) is 11.0 Å². The maximum absolute atomic E-state index is 11.8. The van der Waals surface area contributed by atoms with Crippen LogP contribution in [0.4, 0.5) is 0 Å². The summed E-state index contributed by atoms with van der Waals surface area (Å²) in [5, 5.41) is 2.46. The minimum Gasteiger partial charge on any atom is -0.376 e. The molecule has 0 aliphatic rings. The monoisotopic (exact) mass is 222 g/mol. The van der Waals surface area contributed by atoms with Crippen LogP contribution in [0.15, 0.2) is 30.3 Å². The lowest BCUT2D eigenvalue weighted by Crippen LogP contribution is -2.45. The molecule has 0 spiro atoms. The van der Waals surface area contributed by atoms with E-state index in [0.29, 0.717) is 0 Å². The van der Waals surface area contributed by atoms with E-state index in [1.54, 1.807) is 0 Å². The van der Waals surface area contributed by atoms with Crippen LogP contribution in [0.25, 0.3) is 0 Å². The standard InChI is InChI=1S/C11H14N2OS/c1-11(2,9(14)13-10(12)15)8-6-4-3-5-7-8/h3-7H,1-2H3,(H3,12,13,14,15). The first-order valence-corrected chi connectivity index (χ1v) is 5.02. The van der Waals surface area contributed by atoms with Crippen LogP contribution in [0.1, 0.15) is 19.4 Å². The van der Waals surface area contributed by atoms with E-state index in [0.717, 1.165) is 5.56 Å². The molecule has 80 valence electrons. The van der Waals surface area contributed by atoms with Crippen molar-refractivity contribution in [2.75, 3.05) is 0 Å². The summed E-state index contributed by atoms with van der Waals surface area (Å²) in [5.41, 5.74) is 5.56. The van der Waals surface area contributed by atoms with Gasteiger partial charge in [-0.15, -0.1) is 0 Å². The Labute approximate surface area is 94.7 Å². The van der Waals surface area contributed by atoms with Crippen molar-refractivity contribution in [3.05, 3.63) is 35.9 Å². The number of carbonyl (C=O) groups is 1. The molecule has 3 nitrogen and oxygen atoms in total. The number of hydrogen-bond acceptors (Lipinski definition) is 2. The zero-order chi connectivity index (χ0) is 11.5. The summed E-state index contributed by atoms with van der Waals surface area (Å²) in [6.45, 7) is 3.66. The fourth-order valence-corrected chi connectivity index (χ4v) is 1.35. The van der Waals surface area contributed by atoms with Gasteiger partial charge in [-0.05, 0) is 31.6 Å². The number of nitrogens with two attached hydrogens (primary N) is 1. The summed E-state index contributed by atoms with van der Waals surface area (Å²) >= 11 is 4.64. The molecule has 0 saturated heterocycles. The molecule has 4 heteroatoms. The molecular formula is C11H14N2OS. The molecule has 1 aromatic carbocycles. The Bertz CT molecular complexity index is 373. The van der Waals surface area contributed by atoms with Gasteiger partial charge in [-0.3, -0.25) is 4.79 Å². The summed E-state index contributed by atoms with van der Waals surface area (Å²) in [7, 11) is 0. The third kappa shape index (κ3) is 2.76. The van der Waals surface area contributed by atoms with Gasteiger partial charge in [0.15, 0.2) is 5.11 Å². The Morgan fingerprint density at radius 2 is 1.87 bits per heavy atom. The fourth-order valence-electron chi connectivity index (χ4n) is 1.25. The molecule has 15 heavy (non-hydrogen) atoms. The average molecular weight is 222 g/mol. The molecule has 0 unspecified atom stereocenters. The first kappa shape index (κ1) is 11.7. The third-order valence-electron chi connectivity index (χ3n) is 2.30. The van der Waals surface area contributed by atoms with Crippen LogP contribution in [0.5, 0.6) is 0 Å². The van der Waals surface area contributed by atoms with Crippen molar-refractivity contribution in [2.45, 2.75) is 19.3 Å². The third-order valence-corrected chi connectivity index (χ3v) is 2.40. The first-order chi connectivity index (χ1) is 6.94. The maximum Gasteiger partial charge on any atom is 0.236 e. The van der Waals surface area contributed by atoms with Gasteiger partial charge in [0, 0.05) is 0 Å². The molecule has 0 aliphatic heterocycles. The van der Waals surface area contributed by atoms with Gasteiger partial charge >= 0.3 is 0 Å². The van der Waals surface area contributed by atoms with Crippen LogP contribution in [0.3, 0.4) is 0 Å². The number of benzene rings is 1. The zero-order valence-electron chi connectivity index (χ0n) is 8.78. The highest BCUT2D eigenvalue weighted by atomic mass is 32.1. The molecular weight excluding hydrogens is 208 g/mol. The highest BCUT2D eigenvalue weighted by Gasteiger charge is 2.29. The SMILES string of the molecule is CC(C)(C(=O)NC(N)=S)c1ccccc1. The normalized spacial score (nSPS) is 10.8.